The molecule has 110 valence electrons. The molecular weight excluding hydrogens is 260 g/mol. The number of aliphatic hydroxyl groups excluding tert-OH is 1. The minimum Gasteiger partial charge on any atom is -0.511 e. The number of Topliss-reactive ketones (excluding diaryl/α,β-unsaturated/α-hetero) is 1. The lowest BCUT2D eigenvalue weighted by Crippen LogP contribution is -2.24. The maximum atomic E-state index is 13.0. The molecule has 4 rings (SSSR count). The van der Waals surface area contributed by atoms with E-state index in [2.05, 4.69) is 19.1 Å². The van der Waals surface area contributed by atoms with Gasteiger partial charge in [-0.3, -0.25) is 4.79 Å². The highest BCUT2D eigenvalue weighted by Gasteiger charge is 2.57. The van der Waals surface area contributed by atoms with Crippen LogP contribution in [0, 0.1) is 44.4 Å². The van der Waals surface area contributed by atoms with Crippen molar-refractivity contribution < 1.29 is 9.90 Å². The van der Waals surface area contributed by atoms with Crippen LogP contribution in [0.4, 0.5) is 0 Å². The van der Waals surface area contributed by atoms with E-state index in [1.807, 2.05) is 13.8 Å². The van der Waals surface area contributed by atoms with Crippen LogP contribution in [0.1, 0.15) is 41.5 Å². The Morgan fingerprint density at radius 3 is 2.14 bits per heavy atom. The molecule has 2 saturated carbocycles. The molecule has 0 amide bonds. The van der Waals surface area contributed by atoms with Gasteiger partial charge in [-0.1, -0.05) is 17.7 Å². The molecule has 0 saturated heterocycles. The molecule has 21 heavy (non-hydrogen) atoms. The molecule has 1 aromatic carbocycles. The maximum Gasteiger partial charge on any atom is 0.170 e. The summed E-state index contributed by atoms with van der Waals surface area (Å²) in [6, 6.07) is 4.22. The van der Waals surface area contributed by atoms with Crippen molar-refractivity contribution in [1.82, 2.24) is 0 Å². The zero-order chi connectivity index (χ0) is 14.9. The third kappa shape index (κ3) is 1.62. The van der Waals surface area contributed by atoms with Crippen molar-refractivity contribution in [3.05, 3.63) is 40.1 Å². The van der Waals surface area contributed by atoms with Crippen molar-refractivity contribution in [2.75, 3.05) is 0 Å². The summed E-state index contributed by atoms with van der Waals surface area (Å²) in [5.74, 6) is 1.84. The standard InChI is InChI=1S/C19H22O2/c1-9-6-10(2)14(11(3)7-9)17-18(20)15-12-4-5-13(8-12)16(15)19(17)21/h6-7,12-13,15-16,20H,4-5,8H2,1-3H3/t12-,13+,15-,16+/m0/s1. The summed E-state index contributed by atoms with van der Waals surface area (Å²) in [5, 5.41) is 10.8. The van der Waals surface area contributed by atoms with Gasteiger partial charge in [0.25, 0.3) is 0 Å². The first-order valence-electron chi connectivity index (χ1n) is 8.04. The molecule has 0 radical (unpaired) electrons. The number of rotatable bonds is 1. The predicted molar refractivity (Wildman–Crippen MR) is 83.0 cm³/mol. The SMILES string of the molecule is Cc1cc(C)c(C2=C(O)[C@H]3[C@H]4CC[C@H](C4)[C@H]3C2=O)c(C)c1. The number of allylic oxidation sites excluding steroid dienone is 2. The Kier molecular flexibility index (Phi) is 2.64. The fourth-order valence-corrected chi connectivity index (χ4v) is 5.35. The number of carbonyl (C=O) groups is 1. The Morgan fingerprint density at radius 2 is 1.57 bits per heavy atom. The molecule has 3 aliphatic carbocycles. The van der Waals surface area contributed by atoms with E-state index in [0.29, 0.717) is 23.2 Å². The van der Waals surface area contributed by atoms with Crippen molar-refractivity contribution in [2.24, 2.45) is 23.7 Å². The third-order valence-corrected chi connectivity index (χ3v) is 5.96. The van der Waals surface area contributed by atoms with Gasteiger partial charge < -0.3 is 5.11 Å². The average Bonchev–Trinajstić information content (AvgIpc) is 3.06. The van der Waals surface area contributed by atoms with Crippen LogP contribution in [-0.4, -0.2) is 10.9 Å². The zero-order valence-corrected chi connectivity index (χ0v) is 12.9. The Hall–Kier alpha value is -1.57. The first kappa shape index (κ1) is 13.1. The Balaban J connectivity index is 1.88. The molecule has 2 heteroatoms. The average molecular weight is 282 g/mol. The monoisotopic (exact) mass is 282 g/mol. The van der Waals surface area contributed by atoms with Crippen LogP contribution in [0.3, 0.4) is 0 Å². The number of ketones is 1. The number of carbonyl (C=O) groups excluding carboxylic acids is 1. The lowest BCUT2D eigenvalue weighted by molar-refractivity contribution is -0.118. The molecular formula is C19H22O2. The highest BCUT2D eigenvalue weighted by Crippen LogP contribution is 2.60. The van der Waals surface area contributed by atoms with Gasteiger partial charge in [-0.05, 0) is 68.6 Å². The number of hydrogen-bond acceptors (Lipinski definition) is 2. The molecule has 0 spiro atoms. The molecule has 3 aliphatic rings. The van der Waals surface area contributed by atoms with Crippen LogP contribution < -0.4 is 0 Å². The first-order valence-corrected chi connectivity index (χ1v) is 8.04. The van der Waals surface area contributed by atoms with Gasteiger partial charge in [-0.2, -0.15) is 0 Å². The smallest absolute Gasteiger partial charge is 0.170 e. The van der Waals surface area contributed by atoms with E-state index in [1.165, 1.54) is 18.4 Å². The van der Waals surface area contributed by atoms with Crippen molar-refractivity contribution >= 4 is 11.4 Å². The number of benzene rings is 1. The summed E-state index contributed by atoms with van der Waals surface area (Å²) in [5.41, 5.74) is 5.04. The molecule has 4 atom stereocenters. The lowest BCUT2D eigenvalue weighted by Gasteiger charge is -2.23. The van der Waals surface area contributed by atoms with E-state index in [-0.39, 0.29) is 17.6 Å². The fourth-order valence-electron chi connectivity index (χ4n) is 5.35. The first-order chi connectivity index (χ1) is 9.99. The summed E-state index contributed by atoms with van der Waals surface area (Å²) in [4.78, 5) is 13.0. The summed E-state index contributed by atoms with van der Waals surface area (Å²) >= 11 is 0. The van der Waals surface area contributed by atoms with E-state index in [4.69, 9.17) is 0 Å². The second-order valence-corrected chi connectivity index (χ2v) is 7.28. The van der Waals surface area contributed by atoms with Crippen LogP contribution in [-0.2, 0) is 4.79 Å². The highest BCUT2D eigenvalue weighted by molar-refractivity contribution is 6.25. The van der Waals surface area contributed by atoms with Crippen LogP contribution >= 0.6 is 0 Å². The maximum absolute atomic E-state index is 13.0. The normalized spacial score (nSPS) is 34.0. The molecule has 2 fully saturated rings. The Bertz CT molecular complexity index is 660. The summed E-state index contributed by atoms with van der Waals surface area (Å²) < 4.78 is 0. The second kappa shape index (κ2) is 4.22. The molecule has 0 aliphatic heterocycles. The van der Waals surface area contributed by atoms with Gasteiger partial charge in [0.15, 0.2) is 5.78 Å². The number of aliphatic hydroxyl groups is 1. The van der Waals surface area contributed by atoms with Crippen LogP contribution in [0.5, 0.6) is 0 Å². The van der Waals surface area contributed by atoms with E-state index in [1.54, 1.807) is 0 Å². The van der Waals surface area contributed by atoms with E-state index >= 15 is 0 Å². The molecule has 1 N–H and O–H groups in total. The van der Waals surface area contributed by atoms with Gasteiger partial charge in [0.2, 0.25) is 0 Å². The van der Waals surface area contributed by atoms with Gasteiger partial charge in [-0.25, -0.2) is 0 Å². The molecule has 2 nitrogen and oxygen atoms in total. The molecule has 0 unspecified atom stereocenters. The summed E-state index contributed by atoms with van der Waals surface area (Å²) in [7, 11) is 0. The lowest BCUT2D eigenvalue weighted by atomic mass is 9.80. The minimum atomic E-state index is 0.0684. The van der Waals surface area contributed by atoms with Crippen LogP contribution in [0.15, 0.2) is 17.9 Å². The summed E-state index contributed by atoms with van der Waals surface area (Å²) in [6.45, 7) is 6.17. The van der Waals surface area contributed by atoms with Gasteiger partial charge >= 0.3 is 0 Å². The third-order valence-electron chi connectivity index (χ3n) is 5.96. The molecule has 2 bridgehead atoms. The summed E-state index contributed by atoms with van der Waals surface area (Å²) in [6.07, 6.45) is 3.50. The van der Waals surface area contributed by atoms with Crippen molar-refractivity contribution in [1.29, 1.82) is 0 Å². The van der Waals surface area contributed by atoms with E-state index < -0.39 is 0 Å². The number of hydrogen-bond donors (Lipinski definition) is 1. The van der Waals surface area contributed by atoms with Crippen LogP contribution in [0.2, 0.25) is 0 Å². The Labute approximate surface area is 125 Å². The van der Waals surface area contributed by atoms with Crippen LogP contribution in [0.25, 0.3) is 5.57 Å². The van der Waals surface area contributed by atoms with E-state index in [9.17, 15) is 9.90 Å². The van der Waals surface area contributed by atoms with Gasteiger partial charge in [0.05, 0.1) is 5.57 Å². The second-order valence-electron chi connectivity index (χ2n) is 7.28. The molecule has 0 heterocycles. The quantitative estimate of drug-likeness (QED) is 0.841. The van der Waals surface area contributed by atoms with Gasteiger partial charge in [0.1, 0.15) is 5.76 Å². The fraction of sp³-hybridized carbons (Fsp3) is 0.526. The largest absolute Gasteiger partial charge is 0.511 e. The Morgan fingerprint density at radius 1 is 1.00 bits per heavy atom. The van der Waals surface area contributed by atoms with E-state index in [0.717, 1.165) is 23.1 Å². The number of aryl methyl sites for hydroxylation is 3. The van der Waals surface area contributed by atoms with Crippen molar-refractivity contribution in [3.8, 4) is 0 Å². The molecule has 0 aromatic heterocycles. The highest BCUT2D eigenvalue weighted by atomic mass is 16.3. The predicted octanol–water partition coefficient (Wildman–Crippen LogP) is 4.13. The number of fused-ring (bicyclic) bond motifs is 5. The van der Waals surface area contributed by atoms with Crippen molar-refractivity contribution in [2.45, 2.75) is 40.0 Å². The van der Waals surface area contributed by atoms with Gasteiger partial charge in [0, 0.05) is 11.8 Å². The van der Waals surface area contributed by atoms with Crippen molar-refractivity contribution in [3.63, 3.8) is 0 Å². The minimum absolute atomic E-state index is 0.0684. The molecule has 1 aromatic rings. The topological polar surface area (TPSA) is 37.3 Å². The van der Waals surface area contributed by atoms with Gasteiger partial charge in [-0.15, -0.1) is 0 Å². The zero-order valence-electron chi connectivity index (χ0n) is 12.9.